The van der Waals surface area contributed by atoms with Crippen LogP contribution in [0.4, 0.5) is 5.69 Å². The van der Waals surface area contributed by atoms with E-state index in [9.17, 15) is 0 Å². The SMILES string of the molecule is CCc1cc(Cc2ccc(C3CCC(C)CC3)cc2)ccc1N. The van der Waals surface area contributed by atoms with Gasteiger partial charge < -0.3 is 5.73 Å². The van der Waals surface area contributed by atoms with Crippen LogP contribution in [0.3, 0.4) is 0 Å². The molecule has 1 fully saturated rings. The summed E-state index contributed by atoms with van der Waals surface area (Å²) in [6, 6.07) is 15.8. The fourth-order valence-electron chi connectivity index (χ4n) is 3.81. The molecule has 0 unspecified atom stereocenters. The maximum Gasteiger partial charge on any atom is 0.0346 e. The second kappa shape index (κ2) is 7.21. The van der Waals surface area contributed by atoms with Crippen LogP contribution in [0.25, 0.3) is 0 Å². The third kappa shape index (κ3) is 3.96. The Morgan fingerprint density at radius 1 is 0.913 bits per heavy atom. The number of hydrogen-bond donors (Lipinski definition) is 1. The first kappa shape index (κ1) is 16.1. The topological polar surface area (TPSA) is 26.0 Å². The molecule has 0 atom stereocenters. The van der Waals surface area contributed by atoms with E-state index < -0.39 is 0 Å². The Bertz CT molecular complexity index is 634. The summed E-state index contributed by atoms with van der Waals surface area (Å²) in [6.07, 6.45) is 7.49. The van der Waals surface area contributed by atoms with Crippen molar-refractivity contribution < 1.29 is 0 Å². The summed E-state index contributed by atoms with van der Waals surface area (Å²) in [4.78, 5) is 0. The van der Waals surface area contributed by atoms with Gasteiger partial charge in [-0.2, -0.15) is 0 Å². The van der Waals surface area contributed by atoms with Crippen LogP contribution >= 0.6 is 0 Å². The largest absolute Gasteiger partial charge is 0.399 e. The number of anilines is 1. The maximum atomic E-state index is 6.01. The van der Waals surface area contributed by atoms with Gasteiger partial charge in [-0.15, -0.1) is 0 Å². The van der Waals surface area contributed by atoms with Gasteiger partial charge in [0.2, 0.25) is 0 Å². The molecule has 1 saturated carbocycles. The third-order valence-electron chi connectivity index (χ3n) is 5.46. The van der Waals surface area contributed by atoms with E-state index in [0.29, 0.717) is 0 Å². The molecule has 0 heterocycles. The molecular formula is C22H29N. The lowest BCUT2D eigenvalue weighted by atomic mass is 9.79. The van der Waals surface area contributed by atoms with Crippen LogP contribution in [0.2, 0.25) is 0 Å². The van der Waals surface area contributed by atoms with Crippen LogP contribution < -0.4 is 5.73 Å². The van der Waals surface area contributed by atoms with Crippen molar-refractivity contribution in [2.75, 3.05) is 5.73 Å². The average molecular weight is 307 g/mol. The molecule has 3 rings (SSSR count). The van der Waals surface area contributed by atoms with E-state index in [4.69, 9.17) is 5.73 Å². The summed E-state index contributed by atoms with van der Waals surface area (Å²) in [5, 5.41) is 0. The van der Waals surface area contributed by atoms with E-state index >= 15 is 0 Å². The van der Waals surface area contributed by atoms with E-state index in [1.807, 2.05) is 6.07 Å². The molecule has 2 N–H and O–H groups in total. The van der Waals surface area contributed by atoms with Gasteiger partial charge >= 0.3 is 0 Å². The van der Waals surface area contributed by atoms with Gasteiger partial charge in [0.15, 0.2) is 0 Å². The summed E-state index contributed by atoms with van der Waals surface area (Å²) in [7, 11) is 0. The molecule has 1 aliphatic carbocycles. The van der Waals surface area contributed by atoms with Crippen molar-refractivity contribution in [1.29, 1.82) is 0 Å². The third-order valence-corrected chi connectivity index (χ3v) is 5.46. The van der Waals surface area contributed by atoms with E-state index in [1.54, 1.807) is 0 Å². The summed E-state index contributed by atoms with van der Waals surface area (Å²) in [5.41, 5.74) is 12.5. The minimum absolute atomic E-state index is 0.781. The van der Waals surface area contributed by atoms with Crippen molar-refractivity contribution in [3.8, 4) is 0 Å². The molecule has 1 nitrogen and oxygen atoms in total. The van der Waals surface area contributed by atoms with Crippen molar-refractivity contribution in [3.05, 3.63) is 64.7 Å². The second-order valence-corrected chi connectivity index (χ2v) is 7.26. The Balaban J connectivity index is 1.68. The predicted molar refractivity (Wildman–Crippen MR) is 99.9 cm³/mol. The smallest absolute Gasteiger partial charge is 0.0346 e. The standard InChI is InChI=1S/C22H29N/c1-3-19-15-18(8-13-22(19)23)14-17-6-11-21(12-7-17)20-9-4-16(2)5-10-20/h6-8,11-13,15-16,20H,3-5,9-10,14,23H2,1-2H3. The number of benzene rings is 2. The summed E-state index contributed by atoms with van der Waals surface area (Å²) in [5.74, 6) is 1.70. The van der Waals surface area contributed by atoms with Gasteiger partial charge in [0.05, 0.1) is 0 Å². The fourth-order valence-corrected chi connectivity index (χ4v) is 3.81. The monoisotopic (exact) mass is 307 g/mol. The lowest BCUT2D eigenvalue weighted by Crippen LogP contribution is -2.10. The fraction of sp³-hybridized carbons (Fsp3) is 0.455. The van der Waals surface area contributed by atoms with Crippen molar-refractivity contribution in [2.45, 2.75) is 58.3 Å². The van der Waals surface area contributed by atoms with Crippen LogP contribution in [-0.2, 0) is 12.8 Å². The van der Waals surface area contributed by atoms with Gasteiger partial charge in [-0.3, -0.25) is 0 Å². The van der Waals surface area contributed by atoms with Gasteiger partial charge in [0.25, 0.3) is 0 Å². The lowest BCUT2D eigenvalue weighted by Gasteiger charge is -2.26. The van der Waals surface area contributed by atoms with Crippen molar-refractivity contribution in [3.63, 3.8) is 0 Å². The Hall–Kier alpha value is -1.76. The van der Waals surface area contributed by atoms with Crippen molar-refractivity contribution in [2.24, 2.45) is 5.92 Å². The Labute approximate surface area is 140 Å². The average Bonchev–Trinajstić information content (AvgIpc) is 2.58. The highest BCUT2D eigenvalue weighted by Gasteiger charge is 2.19. The number of aryl methyl sites for hydroxylation is 1. The first-order valence-corrected chi connectivity index (χ1v) is 9.11. The molecule has 0 radical (unpaired) electrons. The highest BCUT2D eigenvalue weighted by atomic mass is 14.6. The van der Waals surface area contributed by atoms with Gasteiger partial charge in [-0.25, -0.2) is 0 Å². The normalized spacial score (nSPS) is 21.3. The zero-order chi connectivity index (χ0) is 16.2. The molecule has 2 aromatic carbocycles. The minimum atomic E-state index is 0.781. The van der Waals surface area contributed by atoms with E-state index in [-0.39, 0.29) is 0 Å². The molecule has 0 bridgehead atoms. The van der Waals surface area contributed by atoms with Crippen molar-refractivity contribution >= 4 is 5.69 Å². The first-order chi connectivity index (χ1) is 11.2. The van der Waals surface area contributed by atoms with Crippen LogP contribution in [0, 0.1) is 5.92 Å². The zero-order valence-corrected chi connectivity index (χ0v) is 14.5. The Morgan fingerprint density at radius 2 is 1.57 bits per heavy atom. The quantitative estimate of drug-likeness (QED) is 0.719. The van der Waals surface area contributed by atoms with Gasteiger partial charge in [-0.05, 0) is 65.8 Å². The van der Waals surface area contributed by atoms with Crippen LogP contribution in [0.15, 0.2) is 42.5 Å². The number of nitrogen functional groups attached to an aromatic ring is 1. The van der Waals surface area contributed by atoms with Crippen LogP contribution in [0.1, 0.15) is 67.7 Å². The number of nitrogens with two attached hydrogens (primary N) is 1. The van der Waals surface area contributed by atoms with E-state index in [1.165, 1.54) is 47.9 Å². The molecule has 23 heavy (non-hydrogen) atoms. The number of hydrogen-bond acceptors (Lipinski definition) is 1. The van der Waals surface area contributed by atoms with Gasteiger partial charge in [-0.1, -0.05) is 63.1 Å². The van der Waals surface area contributed by atoms with E-state index in [0.717, 1.165) is 30.4 Å². The highest BCUT2D eigenvalue weighted by molar-refractivity contribution is 5.49. The molecule has 1 heteroatoms. The zero-order valence-electron chi connectivity index (χ0n) is 14.5. The number of rotatable bonds is 4. The summed E-state index contributed by atoms with van der Waals surface area (Å²) in [6.45, 7) is 4.55. The summed E-state index contributed by atoms with van der Waals surface area (Å²) < 4.78 is 0. The van der Waals surface area contributed by atoms with E-state index in [2.05, 4.69) is 50.2 Å². The molecule has 2 aromatic rings. The highest BCUT2D eigenvalue weighted by Crippen LogP contribution is 2.35. The Kier molecular flexibility index (Phi) is 5.05. The Morgan fingerprint density at radius 3 is 2.22 bits per heavy atom. The molecule has 0 spiro atoms. The molecule has 1 aliphatic rings. The molecule has 122 valence electrons. The summed E-state index contributed by atoms with van der Waals surface area (Å²) >= 11 is 0. The second-order valence-electron chi connectivity index (χ2n) is 7.26. The molecule has 0 amide bonds. The van der Waals surface area contributed by atoms with Crippen LogP contribution in [-0.4, -0.2) is 0 Å². The molecular weight excluding hydrogens is 278 g/mol. The minimum Gasteiger partial charge on any atom is -0.399 e. The first-order valence-electron chi connectivity index (χ1n) is 9.11. The van der Waals surface area contributed by atoms with Crippen molar-refractivity contribution in [1.82, 2.24) is 0 Å². The van der Waals surface area contributed by atoms with Crippen LogP contribution in [0.5, 0.6) is 0 Å². The molecule has 0 aromatic heterocycles. The predicted octanol–water partition coefficient (Wildman–Crippen LogP) is 5.72. The lowest BCUT2D eigenvalue weighted by molar-refractivity contribution is 0.348. The molecule has 0 aliphatic heterocycles. The van der Waals surface area contributed by atoms with Gasteiger partial charge in [0, 0.05) is 5.69 Å². The molecule has 0 saturated heterocycles. The van der Waals surface area contributed by atoms with Gasteiger partial charge in [0.1, 0.15) is 0 Å². The maximum absolute atomic E-state index is 6.01.